The maximum atomic E-state index is 12.8. The summed E-state index contributed by atoms with van der Waals surface area (Å²) in [5.74, 6) is -0.356. The minimum atomic E-state index is -3.69. The molecule has 1 saturated heterocycles. The van der Waals surface area contributed by atoms with Gasteiger partial charge in [0.15, 0.2) is 9.84 Å². The minimum absolute atomic E-state index is 0.0841. The summed E-state index contributed by atoms with van der Waals surface area (Å²) >= 11 is 0. The summed E-state index contributed by atoms with van der Waals surface area (Å²) < 4.78 is 31.1. The van der Waals surface area contributed by atoms with E-state index < -0.39 is 15.1 Å². The average molecular weight is 339 g/mol. The van der Waals surface area contributed by atoms with Crippen LogP contribution in [0.5, 0.6) is 0 Å². The topological polar surface area (TPSA) is 63.7 Å². The van der Waals surface area contributed by atoms with Gasteiger partial charge in [-0.05, 0) is 57.9 Å². The molecule has 1 aromatic rings. The minimum Gasteiger partial charge on any atom is -0.372 e. The molecule has 1 aromatic carbocycles. The normalized spacial score (nSPS) is 23.6. The summed E-state index contributed by atoms with van der Waals surface area (Å²) in [6, 6.07) is 4.99. The Kier molecular flexibility index (Phi) is 5.16. The van der Waals surface area contributed by atoms with E-state index in [0.717, 1.165) is 11.1 Å². The number of ether oxygens (including phenoxy) is 1. The Bertz CT molecular complexity index is 689. The zero-order valence-corrected chi connectivity index (χ0v) is 15.2. The molecule has 2 rings (SSSR count). The predicted molar refractivity (Wildman–Crippen MR) is 89.2 cm³/mol. The summed E-state index contributed by atoms with van der Waals surface area (Å²) in [5, 5.41) is -1.10. The van der Waals surface area contributed by atoms with Crippen molar-refractivity contribution in [1.29, 1.82) is 0 Å². The lowest BCUT2D eigenvalue weighted by Gasteiger charge is -2.36. The van der Waals surface area contributed by atoms with Gasteiger partial charge in [0.25, 0.3) is 0 Å². The number of nitrogens with zero attached hydrogens (tertiary/aromatic N) is 1. The van der Waals surface area contributed by atoms with E-state index in [1.54, 1.807) is 23.1 Å². The fraction of sp³-hybridized carbons (Fsp3) is 0.588. The highest BCUT2D eigenvalue weighted by Gasteiger charge is 2.36. The number of carbonyl (C=O) groups is 1. The molecule has 1 amide bonds. The maximum Gasteiger partial charge on any atom is 0.241 e. The van der Waals surface area contributed by atoms with Crippen LogP contribution in [0.15, 0.2) is 23.1 Å². The highest BCUT2D eigenvalue weighted by atomic mass is 32.2. The third-order valence-electron chi connectivity index (χ3n) is 4.35. The Morgan fingerprint density at radius 3 is 2.26 bits per heavy atom. The Balaban J connectivity index is 2.25. The van der Waals surface area contributed by atoms with Crippen LogP contribution >= 0.6 is 0 Å². The molecular formula is C17H25NO4S. The lowest BCUT2D eigenvalue weighted by molar-refractivity contribution is -0.142. The lowest BCUT2D eigenvalue weighted by atomic mass is 10.1. The molecule has 6 heteroatoms. The second-order valence-electron chi connectivity index (χ2n) is 6.43. The molecule has 3 atom stereocenters. The molecule has 1 aliphatic heterocycles. The number of aryl methyl sites for hydroxylation is 2. The predicted octanol–water partition coefficient (Wildman–Crippen LogP) is 2.10. The van der Waals surface area contributed by atoms with Gasteiger partial charge in [0.05, 0.1) is 17.1 Å². The smallest absolute Gasteiger partial charge is 0.241 e. The molecule has 1 fully saturated rings. The van der Waals surface area contributed by atoms with Crippen LogP contribution in [0.25, 0.3) is 0 Å². The fourth-order valence-corrected chi connectivity index (χ4v) is 4.26. The molecule has 5 nitrogen and oxygen atoms in total. The molecule has 128 valence electrons. The summed E-state index contributed by atoms with van der Waals surface area (Å²) in [4.78, 5) is 14.5. The first-order valence-electron chi connectivity index (χ1n) is 7.88. The summed E-state index contributed by atoms with van der Waals surface area (Å²) in [5.41, 5.74) is 1.93. The molecule has 0 unspecified atom stereocenters. The van der Waals surface area contributed by atoms with Crippen LogP contribution in [0, 0.1) is 13.8 Å². The van der Waals surface area contributed by atoms with Crippen LogP contribution in [0.4, 0.5) is 0 Å². The SMILES string of the molecule is Cc1ccc(S(=O)(=O)[C@@H](C)C(=O)N2C[C@H](C)O[C@@H](C)C2)cc1C. The Morgan fingerprint density at radius 2 is 1.74 bits per heavy atom. The molecule has 0 spiro atoms. The molecule has 0 bridgehead atoms. The number of amides is 1. The van der Waals surface area contributed by atoms with Crippen molar-refractivity contribution in [1.82, 2.24) is 4.90 Å². The second kappa shape index (κ2) is 6.61. The molecule has 0 radical (unpaired) electrons. The molecule has 1 aliphatic rings. The highest BCUT2D eigenvalue weighted by Crippen LogP contribution is 2.22. The van der Waals surface area contributed by atoms with Crippen LogP contribution in [-0.2, 0) is 19.4 Å². The number of hydrogen-bond donors (Lipinski definition) is 0. The van der Waals surface area contributed by atoms with Gasteiger partial charge in [-0.15, -0.1) is 0 Å². The Morgan fingerprint density at radius 1 is 1.17 bits per heavy atom. The van der Waals surface area contributed by atoms with Crippen molar-refractivity contribution in [3.05, 3.63) is 29.3 Å². The molecule has 0 aliphatic carbocycles. The van der Waals surface area contributed by atoms with Crippen LogP contribution in [-0.4, -0.2) is 49.8 Å². The van der Waals surface area contributed by atoms with Gasteiger partial charge in [-0.1, -0.05) is 6.07 Å². The van der Waals surface area contributed by atoms with Gasteiger partial charge < -0.3 is 9.64 Å². The first kappa shape index (κ1) is 17.9. The largest absolute Gasteiger partial charge is 0.372 e. The second-order valence-corrected chi connectivity index (χ2v) is 8.70. The average Bonchev–Trinajstić information content (AvgIpc) is 2.47. The quantitative estimate of drug-likeness (QED) is 0.846. The van der Waals surface area contributed by atoms with Crippen LogP contribution in [0.1, 0.15) is 31.9 Å². The first-order chi connectivity index (χ1) is 10.6. The molecule has 0 aromatic heterocycles. The molecule has 23 heavy (non-hydrogen) atoms. The van der Waals surface area contributed by atoms with Gasteiger partial charge in [0.1, 0.15) is 5.25 Å². The zero-order chi connectivity index (χ0) is 17.4. The van der Waals surface area contributed by atoms with E-state index in [0.29, 0.717) is 13.1 Å². The lowest BCUT2D eigenvalue weighted by Crippen LogP contribution is -2.52. The van der Waals surface area contributed by atoms with Gasteiger partial charge in [-0.3, -0.25) is 4.79 Å². The van der Waals surface area contributed by atoms with Crippen LogP contribution < -0.4 is 0 Å². The third-order valence-corrected chi connectivity index (χ3v) is 6.39. The van der Waals surface area contributed by atoms with Crippen LogP contribution in [0.3, 0.4) is 0 Å². The fourth-order valence-electron chi connectivity index (χ4n) is 2.84. The van der Waals surface area contributed by atoms with Gasteiger partial charge >= 0.3 is 0 Å². The molecular weight excluding hydrogens is 314 g/mol. The van der Waals surface area contributed by atoms with Crippen molar-refractivity contribution in [3.8, 4) is 0 Å². The van der Waals surface area contributed by atoms with Crippen molar-refractivity contribution in [2.75, 3.05) is 13.1 Å². The summed E-state index contributed by atoms with van der Waals surface area (Å²) in [7, 11) is -3.69. The van der Waals surface area contributed by atoms with E-state index in [2.05, 4.69) is 0 Å². The number of rotatable bonds is 3. The van der Waals surface area contributed by atoms with Crippen LogP contribution in [0.2, 0.25) is 0 Å². The van der Waals surface area contributed by atoms with Gasteiger partial charge in [0, 0.05) is 13.1 Å². The van der Waals surface area contributed by atoms with Gasteiger partial charge in [-0.25, -0.2) is 8.42 Å². The number of benzene rings is 1. The van der Waals surface area contributed by atoms with Gasteiger partial charge in [-0.2, -0.15) is 0 Å². The number of morpholine rings is 1. The third kappa shape index (κ3) is 3.75. The number of sulfone groups is 1. The van der Waals surface area contributed by atoms with E-state index in [1.165, 1.54) is 6.92 Å². The molecule has 0 N–H and O–H groups in total. The van der Waals surface area contributed by atoms with E-state index in [4.69, 9.17) is 4.74 Å². The Hall–Kier alpha value is -1.40. The van der Waals surface area contributed by atoms with E-state index in [-0.39, 0.29) is 23.0 Å². The zero-order valence-electron chi connectivity index (χ0n) is 14.4. The van der Waals surface area contributed by atoms with Crippen molar-refractivity contribution in [3.63, 3.8) is 0 Å². The van der Waals surface area contributed by atoms with Crippen molar-refractivity contribution in [2.24, 2.45) is 0 Å². The monoisotopic (exact) mass is 339 g/mol. The van der Waals surface area contributed by atoms with E-state index >= 15 is 0 Å². The summed E-state index contributed by atoms with van der Waals surface area (Å²) in [6.07, 6.45) is -0.168. The summed E-state index contributed by atoms with van der Waals surface area (Å²) in [6.45, 7) is 9.89. The highest BCUT2D eigenvalue weighted by molar-refractivity contribution is 7.92. The van der Waals surface area contributed by atoms with E-state index in [9.17, 15) is 13.2 Å². The van der Waals surface area contributed by atoms with Gasteiger partial charge in [0.2, 0.25) is 5.91 Å². The number of carbonyl (C=O) groups excluding carboxylic acids is 1. The van der Waals surface area contributed by atoms with Crippen molar-refractivity contribution >= 4 is 15.7 Å². The maximum absolute atomic E-state index is 12.8. The first-order valence-corrected chi connectivity index (χ1v) is 9.43. The molecule has 1 heterocycles. The molecule has 0 saturated carbocycles. The van der Waals surface area contributed by atoms with Crippen molar-refractivity contribution in [2.45, 2.75) is 57.0 Å². The Labute approximate surface area is 138 Å². The number of hydrogen-bond acceptors (Lipinski definition) is 4. The standard InChI is InChI=1S/C17H25NO4S/c1-11-6-7-16(8-12(11)2)23(20,21)15(5)17(19)18-9-13(3)22-14(4)10-18/h6-8,13-15H,9-10H2,1-5H3/t13-,14-,15-/m0/s1. The van der Waals surface area contributed by atoms with Crippen molar-refractivity contribution < 1.29 is 17.9 Å². The van der Waals surface area contributed by atoms with E-state index in [1.807, 2.05) is 27.7 Å².